The molecule has 1 aromatic rings. The summed E-state index contributed by atoms with van der Waals surface area (Å²) < 4.78 is 0. The van der Waals surface area contributed by atoms with Gasteiger partial charge in [-0.3, -0.25) is 4.79 Å². The summed E-state index contributed by atoms with van der Waals surface area (Å²) in [4.78, 5) is 9.97. The summed E-state index contributed by atoms with van der Waals surface area (Å²) in [5.41, 5.74) is 1.99. The third-order valence-electron chi connectivity index (χ3n) is 1.59. The van der Waals surface area contributed by atoms with E-state index in [1.54, 1.807) is 0 Å². The molecule has 0 aromatic heterocycles. The second-order valence-electron chi connectivity index (χ2n) is 2.98. The van der Waals surface area contributed by atoms with Crippen LogP contribution in [-0.4, -0.2) is 20.0 Å². The number of likely N-dealkylation sites (N-methyl/N-ethyl adjacent to an activating group) is 1. The van der Waals surface area contributed by atoms with E-state index in [1.165, 1.54) is 0 Å². The van der Waals surface area contributed by atoms with E-state index >= 15 is 0 Å². The first-order valence-corrected chi connectivity index (χ1v) is 4.77. The van der Waals surface area contributed by atoms with Crippen molar-refractivity contribution >= 4 is 12.1 Å². The lowest BCUT2D eigenvalue weighted by atomic mass is 10.2. The van der Waals surface area contributed by atoms with E-state index in [0.29, 0.717) is 6.41 Å². The number of anilines is 1. The van der Waals surface area contributed by atoms with Gasteiger partial charge < -0.3 is 10.6 Å². The zero-order chi connectivity index (χ0) is 11.5. The number of benzene rings is 1. The van der Waals surface area contributed by atoms with Gasteiger partial charge in [-0.05, 0) is 31.7 Å². The Morgan fingerprint density at radius 3 is 2.60 bits per heavy atom. The van der Waals surface area contributed by atoms with Crippen LogP contribution in [0, 0.1) is 6.92 Å². The number of amides is 1. The molecule has 1 aromatic carbocycles. The number of hydrogen-bond acceptors (Lipinski definition) is 2. The smallest absolute Gasteiger partial charge is 0.211 e. The van der Waals surface area contributed by atoms with Crippen molar-refractivity contribution in [2.24, 2.45) is 0 Å². The molecule has 0 aliphatic heterocycles. The Morgan fingerprint density at radius 1 is 1.47 bits per heavy atom. The van der Waals surface area contributed by atoms with Gasteiger partial charge in [0.25, 0.3) is 0 Å². The fraction of sp³-hybridized carbons (Fsp3) is 0.250. The van der Waals surface area contributed by atoms with E-state index in [1.807, 2.05) is 44.3 Å². The topological polar surface area (TPSA) is 41.1 Å². The van der Waals surface area contributed by atoms with Crippen molar-refractivity contribution in [2.75, 3.05) is 18.9 Å². The minimum absolute atomic E-state index is 0.675. The quantitative estimate of drug-likeness (QED) is 0.584. The first-order chi connectivity index (χ1) is 7.24. The largest absolute Gasteiger partial charge is 0.329 e. The zero-order valence-corrected chi connectivity index (χ0v) is 9.29. The molecule has 0 fully saturated rings. The highest BCUT2D eigenvalue weighted by Crippen LogP contribution is 2.07. The van der Waals surface area contributed by atoms with Crippen LogP contribution in [0.2, 0.25) is 0 Å². The number of hydrogen-bond donors (Lipinski definition) is 2. The molecule has 2 N–H and O–H groups in total. The van der Waals surface area contributed by atoms with Crippen molar-refractivity contribution in [3.05, 3.63) is 42.5 Å². The average Bonchev–Trinajstić information content (AvgIpc) is 2.20. The van der Waals surface area contributed by atoms with Gasteiger partial charge in [0.05, 0.1) is 0 Å². The molecule has 15 heavy (non-hydrogen) atoms. The molecule has 0 bridgehead atoms. The maximum atomic E-state index is 9.97. The van der Waals surface area contributed by atoms with Crippen LogP contribution in [-0.2, 0) is 4.79 Å². The molecule has 0 heterocycles. The minimum atomic E-state index is 0.675. The lowest BCUT2D eigenvalue weighted by Crippen LogP contribution is -2.02. The van der Waals surface area contributed by atoms with E-state index in [9.17, 15) is 4.79 Å². The Kier molecular flexibility index (Phi) is 8.00. The molecule has 82 valence electrons. The number of nitrogens with one attached hydrogen (secondary N) is 2. The van der Waals surface area contributed by atoms with Crippen molar-refractivity contribution in [3.63, 3.8) is 0 Å². The van der Waals surface area contributed by atoms with Gasteiger partial charge >= 0.3 is 0 Å². The summed E-state index contributed by atoms with van der Waals surface area (Å²) in [6, 6.07) is 7.65. The van der Waals surface area contributed by atoms with E-state index in [4.69, 9.17) is 0 Å². The highest BCUT2D eigenvalue weighted by molar-refractivity contribution is 5.71. The van der Waals surface area contributed by atoms with E-state index in [0.717, 1.165) is 17.8 Å². The molecule has 0 aliphatic carbocycles. The molecular weight excluding hydrogens is 188 g/mol. The fourth-order valence-electron chi connectivity index (χ4n) is 0.947. The number of carbonyl (C=O) groups is 1. The maximum Gasteiger partial charge on any atom is 0.211 e. The Labute approximate surface area is 91.2 Å². The van der Waals surface area contributed by atoms with Gasteiger partial charge in [0.15, 0.2) is 0 Å². The van der Waals surface area contributed by atoms with Gasteiger partial charge in [0.2, 0.25) is 6.41 Å². The highest BCUT2D eigenvalue weighted by atomic mass is 16.1. The van der Waals surface area contributed by atoms with E-state index < -0.39 is 0 Å². The van der Waals surface area contributed by atoms with Crippen molar-refractivity contribution in [1.82, 2.24) is 5.32 Å². The van der Waals surface area contributed by atoms with Crippen molar-refractivity contribution < 1.29 is 4.79 Å². The summed E-state index contributed by atoms with van der Waals surface area (Å²) in [5.74, 6) is 0. The standard InChI is InChI=1S/C8H9NO.C4H9N/c1-7-3-2-4-8(5-7)9-6-10;1-3-4-5-2/h2-6H,1H3,(H,9,10);3,5H,1,4H2,2H3. The molecule has 0 radical (unpaired) electrons. The third-order valence-corrected chi connectivity index (χ3v) is 1.59. The summed E-state index contributed by atoms with van der Waals surface area (Å²) in [7, 11) is 1.89. The van der Waals surface area contributed by atoms with Crippen LogP contribution in [0.15, 0.2) is 36.9 Å². The predicted octanol–water partition coefficient (Wildman–Crippen LogP) is 1.96. The number of carbonyl (C=O) groups excluding carboxylic acids is 1. The maximum absolute atomic E-state index is 9.97. The van der Waals surface area contributed by atoms with Crippen molar-refractivity contribution in [1.29, 1.82) is 0 Å². The normalized spacial score (nSPS) is 8.40. The van der Waals surface area contributed by atoms with Gasteiger partial charge in [-0.15, -0.1) is 6.58 Å². The van der Waals surface area contributed by atoms with E-state index in [-0.39, 0.29) is 0 Å². The number of aryl methyl sites for hydroxylation is 1. The first-order valence-electron chi connectivity index (χ1n) is 4.77. The van der Waals surface area contributed by atoms with Crippen LogP contribution in [0.5, 0.6) is 0 Å². The average molecular weight is 206 g/mol. The van der Waals surface area contributed by atoms with Crippen LogP contribution < -0.4 is 10.6 Å². The minimum Gasteiger partial charge on any atom is -0.329 e. The second-order valence-corrected chi connectivity index (χ2v) is 2.98. The molecule has 1 rings (SSSR count). The molecule has 0 atom stereocenters. The van der Waals surface area contributed by atoms with Crippen LogP contribution in [0.1, 0.15) is 5.56 Å². The summed E-state index contributed by atoms with van der Waals surface area (Å²) in [6.45, 7) is 6.37. The molecule has 0 spiro atoms. The fourth-order valence-corrected chi connectivity index (χ4v) is 0.947. The Bertz CT molecular complexity index is 297. The second kappa shape index (κ2) is 8.97. The lowest BCUT2D eigenvalue weighted by molar-refractivity contribution is -0.105. The Morgan fingerprint density at radius 2 is 2.20 bits per heavy atom. The van der Waals surface area contributed by atoms with Gasteiger partial charge in [0, 0.05) is 12.2 Å². The zero-order valence-electron chi connectivity index (χ0n) is 9.29. The van der Waals surface area contributed by atoms with Gasteiger partial charge in [-0.1, -0.05) is 18.2 Å². The van der Waals surface area contributed by atoms with Gasteiger partial charge in [-0.2, -0.15) is 0 Å². The lowest BCUT2D eigenvalue weighted by Gasteiger charge is -1.97. The van der Waals surface area contributed by atoms with Crippen LogP contribution in [0.25, 0.3) is 0 Å². The summed E-state index contributed by atoms with van der Waals surface area (Å²) in [6.07, 6.45) is 2.49. The Hall–Kier alpha value is -1.61. The third kappa shape index (κ3) is 7.46. The SMILES string of the molecule is C=CCNC.Cc1cccc(NC=O)c1. The molecule has 3 nitrogen and oxygen atoms in total. The van der Waals surface area contributed by atoms with Crippen LogP contribution in [0.3, 0.4) is 0 Å². The van der Waals surface area contributed by atoms with E-state index in [2.05, 4.69) is 17.2 Å². The van der Waals surface area contributed by atoms with Gasteiger partial charge in [-0.25, -0.2) is 0 Å². The van der Waals surface area contributed by atoms with Crippen LogP contribution >= 0.6 is 0 Å². The van der Waals surface area contributed by atoms with Crippen molar-refractivity contribution in [3.8, 4) is 0 Å². The Balaban J connectivity index is 0.000000336. The van der Waals surface area contributed by atoms with Crippen molar-refractivity contribution in [2.45, 2.75) is 6.92 Å². The first kappa shape index (κ1) is 13.4. The molecule has 0 unspecified atom stereocenters. The molecule has 0 aliphatic rings. The molecule has 0 saturated carbocycles. The van der Waals surface area contributed by atoms with Crippen LogP contribution in [0.4, 0.5) is 5.69 Å². The highest BCUT2D eigenvalue weighted by Gasteiger charge is 1.87. The monoisotopic (exact) mass is 206 g/mol. The molecular formula is C12H18N2O. The summed E-state index contributed by atoms with van der Waals surface area (Å²) in [5, 5.41) is 5.47. The summed E-state index contributed by atoms with van der Waals surface area (Å²) >= 11 is 0. The molecule has 1 amide bonds. The predicted molar refractivity (Wildman–Crippen MR) is 65.0 cm³/mol. The molecule has 0 saturated heterocycles. The number of rotatable bonds is 4. The van der Waals surface area contributed by atoms with Gasteiger partial charge in [0.1, 0.15) is 0 Å². The molecule has 3 heteroatoms.